The van der Waals surface area contributed by atoms with Crippen LogP contribution in [0.5, 0.6) is 5.88 Å². The first-order valence-corrected chi connectivity index (χ1v) is 8.21. The molecule has 1 atom stereocenters. The van der Waals surface area contributed by atoms with Gasteiger partial charge >= 0.3 is 0 Å². The molecular formula is C17H29N3O. The average Bonchev–Trinajstić information content (AvgIpc) is 2.87. The van der Waals surface area contributed by atoms with Crippen LogP contribution >= 0.6 is 0 Å². The summed E-state index contributed by atoms with van der Waals surface area (Å²) < 4.78 is 5.82. The van der Waals surface area contributed by atoms with Crippen LogP contribution in [0.2, 0.25) is 0 Å². The highest BCUT2D eigenvalue weighted by molar-refractivity contribution is 5.24. The Morgan fingerprint density at radius 1 is 1.43 bits per heavy atom. The van der Waals surface area contributed by atoms with Gasteiger partial charge < -0.3 is 15.0 Å². The summed E-state index contributed by atoms with van der Waals surface area (Å²) in [6, 6.07) is 4.81. The maximum atomic E-state index is 5.82. The zero-order valence-electron chi connectivity index (χ0n) is 13.7. The lowest BCUT2D eigenvalue weighted by Gasteiger charge is -2.19. The summed E-state index contributed by atoms with van der Waals surface area (Å²) in [6.07, 6.45) is 4.87. The fourth-order valence-corrected chi connectivity index (χ4v) is 2.88. The molecule has 0 aromatic carbocycles. The van der Waals surface area contributed by atoms with Crippen molar-refractivity contribution in [3.63, 3.8) is 0 Å². The first-order valence-electron chi connectivity index (χ1n) is 8.21. The second kappa shape index (κ2) is 8.35. The fraction of sp³-hybridized carbons (Fsp3) is 0.706. The molecule has 1 saturated heterocycles. The molecule has 21 heavy (non-hydrogen) atoms. The molecule has 0 amide bonds. The highest BCUT2D eigenvalue weighted by Gasteiger charge is 2.20. The number of aromatic nitrogens is 1. The standard InChI is InChI=1S/C17H29N3O/c1-4-10-18-13-15-7-8-17(19-14(15)2)21-12-9-16-6-5-11-20(16)3/h7-8,16,18H,4-6,9-13H2,1-3H3. The van der Waals surface area contributed by atoms with Crippen LogP contribution in [0.4, 0.5) is 0 Å². The van der Waals surface area contributed by atoms with Crippen LogP contribution in [0, 0.1) is 6.92 Å². The van der Waals surface area contributed by atoms with Crippen LogP contribution in [0.15, 0.2) is 12.1 Å². The Bertz CT molecular complexity index is 436. The van der Waals surface area contributed by atoms with Gasteiger partial charge in [-0.2, -0.15) is 0 Å². The predicted molar refractivity (Wildman–Crippen MR) is 86.7 cm³/mol. The maximum Gasteiger partial charge on any atom is 0.213 e. The molecule has 1 aromatic heterocycles. The van der Waals surface area contributed by atoms with Crippen LogP contribution < -0.4 is 10.1 Å². The SMILES string of the molecule is CCCNCc1ccc(OCCC2CCCN2C)nc1C. The summed E-state index contributed by atoms with van der Waals surface area (Å²) in [5, 5.41) is 3.41. The Hall–Kier alpha value is -1.13. The van der Waals surface area contributed by atoms with Crippen LogP contribution in [0.25, 0.3) is 0 Å². The first-order chi connectivity index (χ1) is 10.2. The average molecular weight is 291 g/mol. The number of nitrogens with one attached hydrogen (secondary N) is 1. The fourth-order valence-electron chi connectivity index (χ4n) is 2.88. The van der Waals surface area contributed by atoms with E-state index in [1.54, 1.807) is 0 Å². The molecule has 1 aromatic rings. The number of nitrogens with zero attached hydrogens (tertiary/aromatic N) is 2. The third-order valence-corrected chi connectivity index (χ3v) is 4.28. The molecule has 4 heteroatoms. The van der Waals surface area contributed by atoms with Crippen LogP contribution in [0.3, 0.4) is 0 Å². The molecule has 1 fully saturated rings. The Morgan fingerprint density at radius 3 is 2.95 bits per heavy atom. The molecule has 1 unspecified atom stereocenters. The summed E-state index contributed by atoms with van der Waals surface area (Å²) in [5.41, 5.74) is 2.32. The molecule has 0 saturated carbocycles. The molecule has 2 heterocycles. The van der Waals surface area contributed by atoms with Crippen molar-refractivity contribution < 1.29 is 4.74 Å². The van der Waals surface area contributed by atoms with Gasteiger partial charge in [0.15, 0.2) is 0 Å². The van der Waals surface area contributed by atoms with E-state index >= 15 is 0 Å². The van der Waals surface area contributed by atoms with Gasteiger partial charge in [0.2, 0.25) is 5.88 Å². The molecule has 1 N–H and O–H groups in total. The smallest absolute Gasteiger partial charge is 0.213 e. The molecule has 0 spiro atoms. The Morgan fingerprint density at radius 2 is 2.29 bits per heavy atom. The second-order valence-corrected chi connectivity index (χ2v) is 5.98. The Balaban J connectivity index is 1.77. The predicted octanol–water partition coefficient (Wildman–Crippen LogP) is 2.75. The zero-order valence-corrected chi connectivity index (χ0v) is 13.7. The normalized spacial score (nSPS) is 19.1. The van der Waals surface area contributed by atoms with Crippen molar-refractivity contribution in [2.24, 2.45) is 0 Å². The number of hydrogen-bond acceptors (Lipinski definition) is 4. The highest BCUT2D eigenvalue weighted by atomic mass is 16.5. The Kier molecular flexibility index (Phi) is 6.46. The third-order valence-electron chi connectivity index (χ3n) is 4.28. The molecule has 0 aliphatic carbocycles. The molecule has 1 aliphatic rings. The van der Waals surface area contributed by atoms with E-state index in [9.17, 15) is 0 Å². The van der Waals surface area contributed by atoms with E-state index in [4.69, 9.17) is 4.74 Å². The lowest BCUT2D eigenvalue weighted by Crippen LogP contribution is -2.26. The van der Waals surface area contributed by atoms with Gasteiger partial charge in [0.05, 0.1) is 6.61 Å². The lowest BCUT2D eigenvalue weighted by molar-refractivity contribution is 0.228. The molecule has 2 rings (SSSR count). The largest absolute Gasteiger partial charge is 0.478 e. The third kappa shape index (κ3) is 4.97. The van der Waals surface area contributed by atoms with E-state index in [2.05, 4.69) is 42.2 Å². The number of hydrogen-bond donors (Lipinski definition) is 1. The van der Waals surface area contributed by atoms with Gasteiger partial charge in [0, 0.05) is 24.3 Å². The van der Waals surface area contributed by atoms with Crippen LogP contribution in [-0.4, -0.2) is 42.7 Å². The van der Waals surface area contributed by atoms with Gasteiger partial charge in [-0.15, -0.1) is 0 Å². The minimum atomic E-state index is 0.684. The van der Waals surface area contributed by atoms with E-state index in [0.29, 0.717) is 6.04 Å². The molecule has 118 valence electrons. The van der Waals surface area contributed by atoms with Crippen molar-refractivity contribution in [1.29, 1.82) is 0 Å². The lowest BCUT2D eigenvalue weighted by atomic mass is 10.1. The van der Waals surface area contributed by atoms with Crippen molar-refractivity contribution in [3.05, 3.63) is 23.4 Å². The van der Waals surface area contributed by atoms with Crippen LogP contribution in [0.1, 0.15) is 43.9 Å². The molecule has 4 nitrogen and oxygen atoms in total. The highest BCUT2D eigenvalue weighted by Crippen LogP contribution is 2.18. The molecule has 1 aliphatic heterocycles. The molecule has 0 bridgehead atoms. The second-order valence-electron chi connectivity index (χ2n) is 5.98. The minimum absolute atomic E-state index is 0.684. The maximum absolute atomic E-state index is 5.82. The van der Waals surface area contributed by atoms with E-state index in [1.807, 2.05) is 6.07 Å². The first kappa shape index (κ1) is 16.2. The van der Waals surface area contributed by atoms with E-state index in [0.717, 1.165) is 44.1 Å². The quantitative estimate of drug-likeness (QED) is 0.747. The topological polar surface area (TPSA) is 37.4 Å². The van der Waals surface area contributed by atoms with Gasteiger partial charge in [-0.25, -0.2) is 4.98 Å². The number of ether oxygens (including phenoxy) is 1. The monoisotopic (exact) mass is 291 g/mol. The van der Waals surface area contributed by atoms with E-state index in [-0.39, 0.29) is 0 Å². The van der Waals surface area contributed by atoms with Gasteiger partial charge in [-0.3, -0.25) is 0 Å². The van der Waals surface area contributed by atoms with Gasteiger partial charge in [0.1, 0.15) is 0 Å². The number of aryl methyl sites for hydroxylation is 1. The minimum Gasteiger partial charge on any atom is -0.478 e. The summed E-state index contributed by atoms with van der Waals surface area (Å²) >= 11 is 0. The van der Waals surface area contributed by atoms with Crippen molar-refractivity contribution >= 4 is 0 Å². The van der Waals surface area contributed by atoms with Crippen molar-refractivity contribution in [2.45, 2.75) is 52.1 Å². The van der Waals surface area contributed by atoms with Crippen LogP contribution in [-0.2, 0) is 6.54 Å². The van der Waals surface area contributed by atoms with E-state index < -0.39 is 0 Å². The summed E-state index contributed by atoms with van der Waals surface area (Å²) in [4.78, 5) is 6.99. The molecular weight excluding hydrogens is 262 g/mol. The number of pyridine rings is 1. The molecule has 0 radical (unpaired) electrons. The van der Waals surface area contributed by atoms with Gasteiger partial charge in [-0.1, -0.05) is 13.0 Å². The summed E-state index contributed by atoms with van der Waals surface area (Å²) in [6.45, 7) is 8.15. The van der Waals surface area contributed by atoms with Gasteiger partial charge in [0.25, 0.3) is 0 Å². The van der Waals surface area contributed by atoms with Gasteiger partial charge in [-0.05, 0) is 58.3 Å². The van der Waals surface area contributed by atoms with E-state index in [1.165, 1.54) is 24.9 Å². The van der Waals surface area contributed by atoms with Crippen molar-refractivity contribution in [3.8, 4) is 5.88 Å². The number of rotatable bonds is 8. The Labute approximate surface area is 128 Å². The summed E-state index contributed by atoms with van der Waals surface area (Å²) in [5.74, 6) is 0.757. The van der Waals surface area contributed by atoms with Crippen molar-refractivity contribution in [1.82, 2.24) is 15.2 Å². The van der Waals surface area contributed by atoms with Crippen molar-refractivity contribution in [2.75, 3.05) is 26.7 Å². The number of likely N-dealkylation sites (tertiary alicyclic amines) is 1. The summed E-state index contributed by atoms with van der Waals surface area (Å²) in [7, 11) is 2.21. The zero-order chi connectivity index (χ0) is 15.1.